The molecule has 0 aliphatic heterocycles. The third kappa shape index (κ3) is 3.36. The molecular weight excluding hydrogens is 104 g/mol. The Morgan fingerprint density at radius 3 is 2.75 bits per heavy atom. The molecule has 0 saturated carbocycles. The summed E-state index contributed by atoms with van der Waals surface area (Å²) in [4.78, 5) is 0. The second-order valence-electron chi connectivity index (χ2n) is 1.35. The van der Waals surface area contributed by atoms with E-state index in [-0.39, 0.29) is 0 Å². The average Bonchev–Trinajstić information content (AvgIpc) is 1.68. The third-order valence-electron chi connectivity index (χ3n) is 0.634. The number of allylic oxidation sites excluding steroid dienone is 2. The van der Waals surface area contributed by atoms with Crippen LogP contribution in [-0.4, -0.2) is 10.9 Å². The van der Waals surface area contributed by atoms with E-state index >= 15 is 0 Å². The molecule has 0 aliphatic carbocycles. The van der Waals surface area contributed by atoms with Crippen LogP contribution in [0.15, 0.2) is 17.3 Å². The first-order valence-electron chi connectivity index (χ1n) is 2.37. The second kappa shape index (κ2) is 4.33. The molecule has 0 amide bonds. The quantitative estimate of drug-likeness (QED) is 0.414. The van der Waals surface area contributed by atoms with Crippen LogP contribution in [0.2, 0.25) is 0 Å². The predicted molar refractivity (Wildman–Crippen MR) is 32.8 cm³/mol. The maximum atomic E-state index is 7.99. The van der Waals surface area contributed by atoms with Gasteiger partial charge in [-0.15, -0.1) is 0 Å². The number of rotatable bonds is 2. The van der Waals surface area contributed by atoms with Crippen molar-refractivity contribution in [2.75, 3.05) is 0 Å². The molecule has 0 radical (unpaired) electrons. The molecule has 0 bridgehead atoms. The van der Waals surface area contributed by atoms with E-state index in [4.69, 9.17) is 5.21 Å². The molecule has 0 unspecified atom stereocenters. The molecule has 3 nitrogen and oxygen atoms in total. The van der Waals surface area contributed by atoms with Gasteiger partial charge in [0.15, 0.2) is 0 Å². The topological polar surface area (TPSA) is 44.6 Å². The Morgan fingerprint density at radius 1 is 1.75 bits per heavy atom. The number of nitrogens with one attached hydrogen (secondary N) is 1. The molecule has 0 atom stereocenters. The fourth-order valence-corrected chi connectivity index (χ4v) is 0.357. The van der Waals surface area contributed by atoms with Gasteiger partial charge in [0.25, 0.3) is 0 Å². The van der Waals surface area contributed by atoms with Crippen LogP contribution in [0, 0.1) is 0 Å². The van der Waals surface area contributed by atoms with Crippen LogP contribution < -0.4 is 5.59 Å². The molecule has 2 N–H and O–H groups in total. The van der Waals surface area contributed by atoms with Gasteiger partial charge in [0.2, 0.25) is 0 Å². The summed E-state index contributed by atoms with van der Waals surface area (Å²) in [6.45, 7) is 3.67. The van der Waals surface area contributed by atoms with Crippen LogP contribution in [0.3, 0.4) is 0 Å². The van der Waals surface area contributed by atoms with Gasteiger partial charge < -0.3 is 0 Å². The highest BCUT2D eigenvalue weighted by Crippen LogP contribution is 1.75. The fourth-order valence-electron chi connectivity index (χ4n) is 0.357. The second-order valence-corrected chi connectivity index (χ2v) is 1.35. The highest BCUT2D eigenvalue weighted by Gasteiger charge is 1.75. The largest absolute Gasteiger partial charge is 0.274 e. The molecule has 0 saturated heterocycles. The first kappa shape index (κ1) is 7.17. The first-order valence-corrected chi connectivity index (χ1v) is 2.37. The highest BCUT2D eigenvalue weighted by molar-refractivity contribution is 5.92. The van der Waals surface area contributed by atoms with Crippen molar-refractivity contribution >= 4 is 5.71 Å². The Kier molecular flexibility index (Phi) is 3.88. The van der Waals surface area contributed by atoms with E-state index in [9.17, 15) is 0 Å². The molecule has 0 aliphatic rings. The van der Waals surface area contributed by atoms with Crippen LogP contribution in [0.4, 0.5) is 0 Å². The van der Waals surface area contributed by atoms with Crippen molar-refractivity contribution in [3.05, 3.63) is 12.2 Å². The van der Waals surface area contributed by atoms with Crippen LogP contribution in [-0.2, 0) is 0 Å². The number of hydrogen-bond donors (Lipinski definition) is 2. The summed E-state index contributed by atoms with van der Waals surface area (Å²) >= 11 is 0. The average molecular weight is 114 g/mol. The van der Waals surface area contributed by atoms with Crippen molar-refractivity contribution in [3.8, 4) is 0 Å². The van der Waals surface area contributed by atoms with Gasteiger partial charge in [0.05, 0.1) is 5.71 Å². The van der Waals surface area contributed by atoms with E-state index in [0.717, 1.165) is 5.71 Å². The molecule has 0 spiro atoms. The lowest BCUT2D eigenvalue weighted by atomic mass is 10.4. The van der Waals surface area contributed by atoms with Crippen molar-refractivity contribution < 1.29 is 5.21 Å². The molecule has 8 heavy (non-hydrogen) atoms. The van der Waals surface area contributed by atoms with Crippen molar-refractivity contribution in [2.24, 2.45) is 5.10 Å². The maximum absolute atomic E-state index is 7.99. The lowest BCUT2D eigenvalue weighted by Crippen LogP contribution is -1.99. The lowest BCUT2D eigenvalue weighted by Gasteiger charge is -1.86. The van der Waals surface area contributed by atoms with Crippen LogP contribution in [0.5, 0.6) is 0 Å². The van der Waals surface area contributed by atoms with E-state index in [1.54, 1.807) is 18.6 Å². The molecular formula is C5H10N2O. The summed E-state index contributed by atoms with van der Waals surface area (Å²) in [5, 5.41) is 11.4. The zero-order valence-corrected chi connectivity index (χ0v) is 5.05. The molecule has 3 heteroatoms. The summed E-state index contributed by atoms with van der Waals surface area (Å²) < 4.78 is 0. The highest BCUT2D eigenvalue weighted by atomic mass is 16.5. The van der Waals surface area contributed by atoms with Gasteiger partial charge in [-0.2, -0.15) is 10.7 Å². The third-order valence-corrected chi connectivity index (χ3v) is 0.634. The predicted octanol–water partition coefficient (Wildman–Crippen LogP) is 0.917. The Labute approximate surface area is 48.7 Å². The minimum absolute atomic E-state index is 0.745. The monoisotopic (exact) mass is 114 g/mol. The van der Waals surface area contributed by atoms with Crippen LogP contribution >= 0.6 is 0 Å². The molecule has 0 aromatic heterocycles. The maximum Gasteiger partial charge on any atom is 0.0593 e. The van der Waals surface area contributed by atoms with Gasteiger partial charge in [-0.1, -0.05) is 6.08 Å². The summed E-state index contributed by atoms with van der Waals surface area (Å²) in [6.07, 6.45) is 3.62. The SMILES string of the molecule is C/C=C/C(C)=N\NO. The van der Waals surface area contributed by atoms with Gasteiger partial charge >= 0.3 is 0 Å². The zero-order chi connectivity index (χ0) is 6.41. The Morgan fingerprint density at radius 2 is 2.38 bits per heavy atom. The van der Waals surface area contributed by atoms with E-state index in [1.165, 1.54) is 0 Å². The van der Waals surface area contributed by atoms with Gasteiger partial charge in [0.1, 0.15) is 0 Å². The molecule has 0 aromatic carbocycles. The van der Waals surface area contributed by atoms with Crippen LogP contribution in [0.25, 0.3) is 0 Å². The fraction of sp³-hybridized carbons (Fsp3) is 0.400. The molecule has 0 heterocycles. The van der Waals surface area contributed by atoms with Gasteiger partial charge in [-0.05, 0) is 19.9 Å². The summed E-state index contributed by atoms with van der Waals surface area (Å²) in [6, 6.07) is 0. The molecule has 46 valence electrons. The summed E-state index contributed by atoms with van der Waals surface area (Å²) in [5.74, 6) is 0. The lowest BCUT2D eigenvalue weighted by molar-refractivity contribution is 0.172. The number of hydrogen-bond acceptors (Lipinski definition) is 3. The Balaban J connectivity index is 3.61. The minimum atomic E-state index is 0.745. The summed E-state index contributed by atoms with van der Waals surface area (Å²) in [5.41, 5.74) is 2.43. The van der Waals surface area contributed by atoms with Gasteiger partial charge in [-0.25, -0.2) is 0 Å². The van der Waals surface area contributed by atoms with E-state index in [0.29, 0.717) is 0 Å². The van der Waals surface area contributed by atoms with Crippen molar-refractivity contribution in [1.29, 1.82) is 0 Å². The number of hydrazone groups is 1. The first-order chi connectivity index (χ1) is 3.81. The van der Waals surface area contributed by atoms with E-state index in [2.05, 4.69) is 5.10 Å². The minimum Gasteiger partial charge on any atom is -0.274 e. The van der Waals surface area contributed by atoms with Crippen molar-refractivity contribution in [1.82, 2.24) is 5.59 Å². The molecule has 0 fully saturated rings. The van der Waals surface area contributed by atoms with Crippen molar-refractivity contribution in [3.63, 3.8) is 0 Å². The Hall–Kier alpha value is -0.830. The number of nitrogens with zero attached hydrogens (tertiary/aromatic N) is 1. The molecule has 0 aromatic rings. The standard InChI is InChI=1S/C5H10N2O/c1-3-4-5(2)6-7-8/h3-4,7-8H,1-2H3/b4-3+,6-5-. The van der Waals surface area contributed by atoms with E-state index < -0.39 is 0 Å². The molecule has 0 rings (SSSR count). The van der Waals surface area contributed by atoms with E-state index in [1.807, 2.05) is 13.0 Å². The van der Waals surface area contributed by atoms with Gasteiger partial charge in [0, 0.05) is 0 Å². The smallest absolute Gasteiger partial charge is 0.0593 e. The van der Waals surface area contributed by atoms with Crippen molar-refractivity contribution in [2.45, 2.75) is 13.8 Å². The summed E-state index contributed by atoms with van der Waals surface area (Å²) in [7, 11) is 0. The Bertz CT molecular complexity index is 107. The normalized spacial score (nSPS) is 12.6. The zero-order valence-electron chi connectivity index (χ0n) is 5.05. The van der Waals surface area contributed by atoms with Crippen LogP contribution in [0.1, 0.15) is 13.8 Å². The van der Waals surface area contributed by atoms with Gasteiger partial charge in [-0.3, -0.25) is 5.21 Å².